The monoisotopic (exact) mass is 271 g/mol. The van der Waals surface area contributed by atoms with Crippen LogP contribution in [0.15, 0.2) is 36.9 Å². The van der Waals surface area contributed by atoms with Gasteiger partial charge in [-0.3, -0.25) is 10.1 Å². The Bertz CT molecular complexity index is 740. The molecule has 0 spiro atoms. The third-order valence-corrected chi connectivity index (χ3v) is 3.39. The van der Waals surface area contributed by atoms with Crippen molar-refractivity contribution in [1.29, 1.82) is 0 Å². The zero-order valence-corrected chi connectivity index (χ0v) is 10.5. The number of anilines is 2. The molecule has 0 aliphatic carbocycles. The molecule has 1 aromatic carbocycles. The fourth-order valence-corrected chi connectivity index (χ4v) is 2.49. The number of fused-ring (bicyclic) bond motifs is 1. The summed E-state index contributed by atoms with van der Waals surface area (Å²) < 4.78 is 0.930. The number of nitrogen functional groups attached to an aromatic ring is 1. The minimum Gasteiger partial charge on any atom is -0.399 e. The van der Waals surface area contributed by atoms with Crippen molar-refractivity contribution in [2.75, 3.05) is 11.1 Å². The minimum atomic E-state index is -0.285. The van der Waals surface area contributed by atoms with Crippen molar-refractivity contribution < 1.29 is 4.79 Å². The molecule has 0 fully saturated rings. The number of amides is 1. The van der Waals surface area contributed by atoms with Gasteiger partial charge in [0.05, 0.1) is 15.8 Å². The minimum absolute atomic E-state index is 0.285. The lowest BCUT2D eigenvalue weighted by atomic mass is 10.3. The van der Waals surface area contributed by atoms with Gasteiger partial charge in [-0.2, -0.15) is 0 Å². The highest BCUT2D eigenvalue weighted by atomic mass is 32.1. The first-order valence-electron chi connectivity index (χ1n) is 5.45. The Morgan fingerprint density at radius 2 is 2.05 bits per heavy atom. The second-order valence-corrected chi connectivity index (χ2v) is 4.86. The van der Waals surface area contributed by atoms with Crippen LogP contribution >= 0.6 is 11.3 Å². The van der Waals surface area contributed by atoms with E-state index in [4.69, 9.17) is 5.73 Å². The molecule has 0 atom stereocenters. The van der Waals surface area contributed by atoms with Crippen LogP contribution in [-0.4, -0.2) is 20.9 Å². The van der Waals surface area contributed by atoms with Crippen LogP contribution < -0.4 is 11.1 Å². The van der Waals surface area contributed by atoms with Gasteiger partial charge < -0.3 is 5.73 Å². The number of thiazole rings is 1. The number of carbonyl (C=O) groups is 1. The van der Waals surface area contributed by atoms with Gasteiger partial charge in [0, 0.05) is 18.1 Å². The largest absolute Gasteiger partial charge is 0.399 e. The molecule has 0 aliphatic heterocycles. The molecule has 3 rings (SSSR count). The van der Waals surface area contributed by atoms with Crippen molar-refractivity contribution in [3.05, 3.63) is 42.5 Å². The first-order valence-corrected chi connectivity index (χ1v) is 6.26. The van der Waals surface area contributed by atoms with Gasteiger partial charge in [0.1, 0.15) is 6.33 Å². The maximum atomic E-state index is 11.9. The molecule has 19 heavy (non-hydrogen) atoms. The maximum absolute atomic E-state index is 11.9. The van der Waals surface area contributed by atoms with Crippen LogP contribution in [0.3, 0.4) is 0 Å². The fourth-order valence-electron chi connectivity index (χ4n) is 1.58. The highest BCUT2D eigenvalue weighted by molar-refractivity contribution is 7.22. The van der Waals surface area contributed by atoms with Crippen molar-refractivity contribution in [2.24, 2.45) is 0 Å². The standard InChI is InChI=1S/C12H9N5OS/c13-8-1-2-9-10(3-8)19-12(16-9)17-11(18)7-4-14-6-15-5-7/h1-6H,13H2,(H,16,17,18). The lowest BCUT2D eigenvalue weighted by molar-refractivity contribution is 0.102. The highest BCUT2D eigenvalue weighted by Gasteiger charge is 2.10. The van der Waals surface area contributed by atoms with Crippen LogP contribution in [0.4, 0.5) is 10.8 Å². The van der Waals surface area contributed by atoms with E-state index >= 15 is 0 Å². The molecule has 3 aromatic rings. The lowest BCUT2D eigenvalue weighted by Crippen LogP contribution is -2.12. The number of benzene rings is 1. The highest BCUT2D eigenvalue weighted by Crippen LogP contribution is 2.27. The van der Waals surface area contributed by atoms with Gasteiger partial charge in [0.2, 0.25) is 0 Å². The molecule has 2 heterocycles. The van der Waals surface area contributed by atoms with E-state index < -0.39 is 0 Å². The molecule has 94 valence electrons. The summed E-state index contributed by atoms with van der Waals surface area (Å²) in [7, 11) is 0. The molecule has 6 nitrogen and oxygen atoms in total. The Balaban J connectivity index is 1.87. The van der Waals surface area contributed by atoms with Gasteiger partial charge >= 0.3 is 0 Å². The second-order valence-electron chi connectivity index (χ2n) is 3.83. The van der Waals surface area contributed by atoms with Crippen LogP contribution in [0.25, 0.3) is 10.2 Å². The van der Waals surface area contributed by atoms with E-state index in [1.54, 1.807) is 6.07 Å². The van der Waals surface area contributed by atoms with Crippen LogP contribution in [0.1, 0.15) is 10.4 Å². The predicted octanol–water partition coefficient (Wildman–Crippen LogP) is 1.92. The number of nitrogens with one attached hydrogen (secondary N) is 1. The van der Waals surface area contributed by atoms with Crippen molar-refractivity contribution >= 4 is 38.3 Å². The number of rotatable bonds is 2. The second kappa shape index (κ2) is 4.62. The molecular weight excluding hydrogens is 262 g/mol. The summed E-state index contributed by atoms with van der Waals surface area (Å²) in [6.07, 6.45) is 4.28. The van der Waals surface area contributed by atoms with Crippen LogP contribution in [0.2, 0.25) is 0 Å². The molecule has 7 heteroatoms. The number of hydrogen-bond donors (Lipinski definition) is 2. The molecule has 0 bridgehead atoms. The Labute approximate surface area is 112 Å². The summed E-state index contributed by atoms with van der Waals surface area (Å²) >= 11 is 1.37. The Kier molecular flexibility index (Phi) is 2.81. The average molecular weight is 271 g/mol. The molecule has 1 amide bonds. The van der Waals surface area contributed by atoms with Gasteiger partial charge in [-0.25, -0.2) is 15.0 Å². The van der Waals surface area contributed by atoms with Gasteiger partial charge in [0.15, 0.2) is 5.13 Å². The van der Waals surface area contributed by atoms with Gasteiger partial charge in [0.25, 0.3) is 5.91 Å². The Hall–Kier alpha value is -2.54. The number of nitrogens with zero attached hydrogens (tertiary/aromatic N) is 3. The topological polar surface area (TPSA) is 93.8 Å². The van der Waals surface area contributed by atoms with Crippen molar-refractivity contribution in [1.82, 2.24) is 15.0 Å². The number of aromatic nitrogens is 3. The zero-order chi connectivity index (χ0) is 13.2. The van der Waals surface area contributed by atoms with Crippen LogP contribution in [0.5, 0.6) is 0 Å². The van der Waals surface area contributed by atoms with Crippen LogP contribution in [-0.2, 0) is 0 Å². The first kappa shape index (κ1) is 11.5. The quantitative estimate of drug-likeness (QED) is 0.694. The van der Waals surface area contributed by atoms with E-state index in [-0.39, 0.29) is 5.91 Å². The molecule has 0 unspecified atom stereocenters. The SMILES string of the molecule is Nc1ccc2nc(NC(=O)c3cncnc3)sc2c1. The van der Waals surface area contributed by atoms with Gasteiger partial charge in [-0.05, 0) is 18.2 Å². The summed E-state index contributed by atoms with van der Waals surface area (Å²) in [5.74, 6) is -0.285. The van der Waals surface area contributed by atoms with E-state index in [0.29, 0.717) is 16.4 Å². The van der Waals surface area contributed by atoms with Gasteiger partial charge in [-0.1, -0.05) is 11.3 Å². The fraction of sp³-hybridized carbons (Fsp3) is 0. The maximum Gasteiger partial charge on any atom is 0.260 e. The average Bonchev–Trinajstić information content (AvgIpc) is 2.81. The molecule has 0 radical (unpaired) electrons. The normalized spacial score (nSPS) is 10.5. The molecule has 2 aromatic heterocycles. The van der Waals surface area contributed by atoms with E-state index in [9.17, 15) is 4.79 Å². The smallest absolute Gasteiger partial charge is 0.260 e. The third kappa shape index (κ3) is 2.36. The summed E-state index contributed by atoms with van der Waals surface area (Å²) in [6, 6.07) is 5.43. The van der Waals surface area contributed by atoms with E-state index in [0.717, 1.165) is 10.2 Å². The van der Waals surface area contributed by atoms with E-state index in [1.165, 1.54) is 30.1 Å². The van der Waals surface area contributed by atoms with Crippen molar-refractivity contribution in [3.63, 3.8) is 0 Å². The first-order chi connectivity index (χ1) is 9.22. The Morgan fingerprint density at radius 1 is 1.26 bits per heavy atom. The lowest BCUT2D eigenvalue weighted by Gasteiger charge is -1.99. The summed E-state index contributed by atoms with van der Waals surface area (Å²) in [5, 5.41) is 3.24. The van der Waals surface area contributed by atoms with E-state index in [2.05, 4.69) is 20.3 Å². The summed E-state index contributed by atoms with van der Waals surface area (Å²) in [6.45, 7) is 0. The predicted molar refractivity (Wildman–Crippen MR) is 74.0 cm³/mol. The molecule has 3 N–H and O–H groups in total. The zero-order valence-electron chi connectivity index (χ0n) is 9.70. The molecule has 0 aliphatic rings. The third-order valence-electron chi connectivity index (χ3n) is 2.46. The van der Waals surface area contributed by atoms with Crippen molar-refractivity contribution in [3.8, 4) is 0 Å². The van der Waals surface area contributed by atoms with Gasteiger partial charge in [-0.15, -0.1) is 0 Å². The molecule has 0 saturated heterocycles. The van der Waals surface area contributed by atoms with Crippen LogP contribution in [0, 0.1) is 0 Å². The molecular formula is C12H9N5OS. The Morgan fingerprint density at radius 3 is 2.84 bits per heavy atom. The number of hydrogen-bond acceptors (Lipinski definition) is 6. The van der Waals surface area contributed by atoms with Crippen molar-refractivity contribution in [2.45, 2.75) is 0 Å². The van der Waals surface area contributed by atoms with E-state index in [1.807, 2.05) is 12.1 Å². The summed E-state index contributed by atoms with van der Waals surface area (Å²) in [4.78, 5) is 23.8. The molecule has 0 saturated carbocycles. The number of carbonyl (C=O) groups excluding carboxylic acids is 1. The number of nitrogens with two attached hydrogens (primary N) is 1. The summed E-state index contributed by atoms with van der Waals surface area (Å²) in [5.41, 5.74) is 7.57.